The number of nitrogens with zero attached hydrogens (tertiary/aromatic N) is 1. The summed E-state index contributed by atoms with van der Waals surface area (Å²) >= 11 is 11.6. The zero-order valence-electron chi connectivity index (χ0n) is 9.58. The number of rotatable bonds is 3. The normalized spacial score (nSPS) is 12.5. The van der Waals surface area contributed by atoms with Gasteiger partial charge in [-0.3, -0.25) is 4.98 Å². The van der Waals surface area contributed by atoms with Crippen molar-refractivity contribution in [1.29, 1.82) is 0 Å². The lowest BCUT2D eigenvalue weighted by Gasteiger charge is -2.12. The number of pyridine rings is 1. The molecule has 1 atom stereocenters. The molecular weight excluding hydrogens is 295 g/mol. The molecule has 0 aliphatic rings. The Hall–Kier alpha value is -1.23. The van der Waals surface area contributed by atoms with E-state index in [1.54, 1.807) is 0 Å². The minimum Gasteiger partial charge on any atom is -0.386 e. The summed E-state index contributed by atoms with van der Waals surface area (Å²) in [5.41, 5.74) is 0.690. The lowest BCUT2D eigenvalue weighted by Crippen LogP contribution is -2.05. The van der Waals surface area contributed by atoms with Crippen LogP contribution in [0.15, 0.2) is 30.5 Å². The summed E-state index contributed by atoms with van der Waals surface area (Å²) in [6, 6.07) is 4.89. The van der Waals surface area contributed by atoms with Gasteiger partial charge in [0, 0.05) is 12.6 Å². The Kier molecular flexibility index (Phi) is 4.34. The predicted molar refractivity (Wildman–Crippen MR) is 69.3 cm³/mol. The molecule has 0 saturated carbocycles. The first kappa shape index (κ1) is 14.2. The molecule has 0 amide bonds. The van der Waals surface area contributed by atoms with E-state index in [0.717, 1.165) is 12.1 Å². The van der Waals surface area contributed by atoms with Crippen LogP contribution in [0.5, 0.6) is 0 Å². The Labute approximate surface area is 118 Å². The van der Waals surface area contributed by atoms with Crippen LogP contribution in [-0.2, 0) is 6.42 Å². The summed E-state index contributed by atoms with van der Waals surface area (Å²) in [4.78, 5) is 3.93. The fraction of sp³-hybridized carbons (Fsp3) is 0.154. The molecule has 2 aromatic rings. The van der Waals surface area contributed by atoms with Gasteiger partial charge in [0.05, 0.1) is 15.7 Å². The van der Waals surface area contributed by atoms with Gasteiger partial charge >= 0.3 is 0 Å². The zero-order chi connectivity index (χ0) is 14.0. The van der Waals surface area contributed by atoms with E-state index in [1.165, 1.54) is 18.3 Å². The molecular formula is C13H9Cl2F2NO. The van der Waals surface area contributed by atoms with E-state index in [1.807, 2.05) is 0 Å². The van der Waals surface area contributed by atoms with Gasteiger partial charge in [0.2, 0.25) is 0 Å². The highest BCUT2D eigenvalue weighted by molar-refractivity contribution is 6.34. The molecule has 1 unspecified atom stereocenters. The van der Waals surface area contributed by atoms with Crippen LogP contribution < -0.4 is 0 Å². The van der Waals surface area contributed by atoms with Crippen LogP contribution in [0.1, 0.15) is 17.4 Å². The third kappa shape index (κ3) is 3.41. The smallest absolute Gasteiger partial charge is 0.159 e. The van der Waals surface area contributed by atoms with Crippen LogP contribution in [0.3, 0.4) is 0 Å². The molecule has 0 aliphatic carbocycles. The molecule has 0 radical (unpaired) electrons. The molecule has 0 fully saturated rings. The molecule has 1 aromatic heterocycles. The second-order valence-electron chi connectivity index (χ2n) is 3.99. The van der Waals surface area contributed by atoms with Crippen molar-refractivity contribution >= 4 is 23.2 Å². The number of aliphatic hydroxyl groups is 1. The molecule has 0 saturated heterocycles. The minimum atomic E-state index is -1.02. The van der Waals surface area contributed by atoms with E-state index in [-0.39, 0.29) is 17.1 Å². The first-order chi connectivity index (χ1) is 8.97. The van der Waals surface area contributed by atoms with E-state index >= 15 is 0 Å². The number of aliphatic hydroxyl groups excluding tert-OH is 1. The topological polar surface area (TPSA) is 33.1 Å². The fourth-order valence-corrected chi connectivity index (χ4v) is 2.16. The molecule has 0 aliphatic heterocycles. The quantitative estimate of drug-likeness (QED) is 0.931. The first-order valence-electron chi connectivity index (χ1n) is 5.40. The maximum atomic E-state index is 13.0. The Morgan fingerprint density at radius 1 is 1.16 bits per heavy atom. The van der Waals surface area contributed by atoms with Gasteiger partial charge in [-0.15, -0.1) is 0 Å². The highest BCUT2D eigenvalue weighted by Crippen LogP contribution is 2.26. The monoisotopic (exact) mass is 303 g/mol. The minimum absolute atomic E-state index is 0.0750. The number of hydrogen-bond acceptors (Lipinski definition) is 2. The molecule has 19 heavy (non-hydrogen) atoms. The van der Waals surface area contributed by atoms with Crippen LogP contribution in [0.25, 0.3) is 0 Å². The Balaban J connectivity index is 2.20. The van der Waals surface area contributed by atoms with Crippen molar-refractivity contribution in [3.05, 3.63) is 63.4 Å². The third-order valence-electron chi connectivity index (χ3n) is 2.56. The molecule has 6 heteroatoms. The average Bonchev–Trinajstić information content (AvgIpc) is 2.33. The number of hydrogen-bond donors (Lipinski definition) is 1. The van der Waals surface area contributed by atoms with Gasteiger partial charge in [0.15, 0.2) is 11.6 Å². The maximum Gasteiger partial charge on any atom is 0.159 e. The van der Waals surface area contributed by atoms with Gasteiger partial charge in [0.25, 0.3) is 0 Å². The molecule has 0 spiro atoms. The molecule has 2 rings (SSSR count). The van der Waals surface area contributed by atoms with Gasteiger partial charge in [-0.1, -0.05) is 29.3 Å². The van der Waals surface area contributed by atoms with Gasteiger partial charge in [-0.2, -0.15) is 0 Å². The van der Waals surface area contributed by atoms with Gasteiger partial charge in [0.1, 0.15) is 6.10 Å². The van der Waals surface area contributed by atoms with Crippen molar-refractivity contribution in [3.8, 4) is 0 Å². The number of halogens is 4. The van der Waals surface area contributed by atoms with Crippen LogP contribution in [0.2, 0.25) is 10.0 Å². The first-order valence-corrected chi connectivity index (χ1v) is 6.16. The SMILES string of the molecule is OC(Cc1ccc(F)c(F)c1)c1ncc(Cl)cc1Cl. The lowest BCUT2D eigenvalue weighted by atomic mass is 10.0. The van der Waals surface area contributed by atoms with E-state index < -0.39 is 17.7 Å². The summed E-state index contributed by atoms with van der Waals surface area (Å²) in [5, 5.41) is 10.6. The van der Waals surface area contributed by atoms with Crippen molar-refractivity contribution < 1.29 is 13.9 Å². The molecule has 1 N–H and O–H groups in total. The fourth-order valence-electron chi connectivity index (χ4n) is 1.66. The largest absolute Gasteiger partial charge is 0.386 e. The molecule has 1 heterocycles. The second-order valence-corrected chi connectivity index (χ2v) is 4.83. The van der Waals surface area contributed by atoms with Crippen LogP contribution in [0.4, 0.5) is 8.78 Å². The van der Waals surface area contributed by atoms with Crippen LogP contribution in [0, 0.1) is 11.6 Å². The Bertz CT molecular complexity index is 607. The highest BCUT2D eigenvalue weighted by atomic mass is 35.5. The Morgan fingerprint density at radius 2 is 1.89 bits per heavy atom. The van der Waals surface area contributed by atoms with Crippen molar-refractivity contribution in [1.82, 2.24) is 4.98 Å². The van der Waals surface area contributed by atoms with Crippen molar-refractivity contribution in [2.45, 2.75) is 12.5 Å². The molecule has 1 aromatic carbocycles. The summed E-state index contributed by atoms with van der Waals surface area (Å²) < 4.78 is 25.8. The maximum absolute atomic E-state index is 13.0. The average molecular weight is 304 g/mol. The lowest BCUT2D eigenvalue weighted by molar-refractivity contribution is 0.173. The van der Waals surface area contributed by atoms with Crippen molar-refractivity contribution in [2.75, 3.05) is 0 Å². The third-order valence-corrected chi connectivity index (χ3v) is 3.07. The molecule has 2 nitrogen and oxygen atoms in total. The van der Waals surface area contributed by atoms with Crippen LogP contribution in [-0.4, -0.2) is 10.1 Å². The summed E-state index contributed by atoms with van der Waals surface area (Å²) in [6.45, 7) is 0. The van der Waals surface area contributed by atoms with Crippen molar-refractivity contribution in [3.63, 3.8) is 0 Å². The molecule has 100 valence electrons. The van der Waals surface area contributed by atoms with Crippen LogP contribution >= 0.6 is 23.2 Å². The van der Waals surface area contributed by atoms with E-state index in [0.29, 0.717) is 10.6 Å². The van der Waals surface area contributed by atoms with Gasteiger partial charge < -0.3 is 5.11 Å². The second kappa shape index (κ2) is 5.82. The summed E-state index contributed by atoms with van der Waals surface area (Å²) in [7, 11) is 0. The molecule has 0 bridgehead atoms. The van der Waals surface area contributed by atoms with E-state index in [4.69, 9.17) is 23.2 Å². The van der Waals surface area contributed by atoms with E-state index in [9.17, 15) is 13.9 Å². The highest BCUT2D eigenvalue weighted by Gasteiger charge is 2.15. The summed E-state index contributed by atoms with van der Waals surface area (Å²) in [6.07, 6.45) is 0.414. The number of aromatic nitrogens is 1. The Morgan fingerprint density at radius 3 is 2.53 bits per heavy atom. The summed E-state index contributed by atoms with van der Waals surface area (Å²) in [5.74, 6) is -1.89. The predicted octanol–water partition coefficient (Wildman–Crippen LogP) is 3.94. The van der Waals surface area contributed by atoms with E-state index in [2.05, 4.69) is 4.98 Å². The number of benzene rings is 1. The van der Waals surface area contributed by atoms with Crippen molar-refractivity contribution in [2.24, 2.45) is 0 Å². The van der Waals surface area contributed by atoms with Gasteiger partial charge in [-0.05, 0) is 23.8 Å². The standard InChI is InChI=1S/C13H9Cl2F2NO/c14-8-5-9(15)13(18-6-8)12(19)4-7-1-2-10(16)11(17)3-7/h1-3,5-6,12,19H,4H2. The zero-order valence-corrected chi connectivity index (χ0v) is 11.1. The van der Waals surface area contributed by atoms with Gasteiger partial charge in [-0.25, -0.2) is 8.78 Å².